The zero-order valence-corrected chi connectivity index (χ0v) is 19.6. The quantitative estimate of drug-likeness (QED) is 0.376. The SMILES string of the molecule is C=CC(=O)Nc1cc(Nc2ncc3ccnc(-c4cncc(F)c4)c3n2)ccc1OC1CCN(C)C1. The fourth-order valence-electron chi connectivity index (χ4n) is 4.06. The lowest BCUT2D eigenvalue weighted by Crippen LogP contribution is -2.22. The molecular formula is C26H24FN7O2. The van der Waals surface area contributed by atoms with Gasteiger partial charge >= 0.3 is 0 Å². The molecule has 0 spiro atoms. The summed E-state index contributed by atoms with van der Waals surface area (Å²) in [6.07, 6.45) is 8.11. The predicted molar refractivity (Wildman–Crippen MR) is 136 cm³/mol. The number of carbonyl (C=O) groups excluding carboxylic acids is 1. The highest BCUT2D eigenvalue weighted by Gasteiger charge is 2.22. The second-order valence-electron chi connectivity index (χ2n) is 8.50. The molecule has 1 aliphatic heterocycles. The summed E-state index contributed by atoms with van der Waals surface area (Å²) in [5, 5.41) is 6.72. The Kier molecular flexibility index (Phi) is 6.50. The van der Waals surface area contributed by atoms with Crippen LogP contribution in [0.5, 0.6) is 5.75 Å². The number of hydrogen-bond donors (Lipinski definition) is 2. The average Bonchev–Trinajstić information content (AvgIpc) is 3.29. The van der Waals surface area contributed by atoms with Crippen LogP contribution >= 0.6 is 0 Å². The molecule has 0 bridgehead atoms. The maximum absolute atomic E-state index is 13.8. The molecule has 3 aromatic heterocycles. The van der Waals surface area contributed by atoms with Crippen molar-refractivity contribution < 1.29 is 13.9 Å². The molecule has 9 nitrogen and oxygen atoms in total. The van der Waals surface area contributed by atoms with E-state index in [0.29, 0.717) is 39.8 Å². The molecule has 4 aromatic rings. The minimum absolute atomic E-state index is 0.0419. The number of anilines is 3. The lowest BCUT2D eigenvalue weighted by Gasteiger charge is -2.18. The number of hydrogen-bond acceptors (Lipinski definition) is 8. The maximum atomic E-state index is 13.8. The summed E-state index contributed by atoms with van der Waals surface area (Å²) in [6, 6.07) is 8.52. The Balaban J connectivity index is 1.45. The molecule has 0 aliphatic carbocycles. The van der Waals surface area contributed by atoms with Gasteiger partial charge in [0.25, 0.3) is 0 Å². The normalized spacial score (nSPS) is 15.6. The van der Waals surface area contributed by atoms with Crippen LogP contribution in [0.15, 0.2) is 67.8 Å². The van der Waals surface area contributed by atoms with Crippen LogP contribution in [0.4, 0.5) is 21.7 Å². The molecule has 1 aliphatic rings. The van der Waals surface area contributed by atoms with E-state index in [1.165, 1.54) is 18.3 Å². The number of halogens is 1. The van der Waals surface area contributed by atoms with Crippen molar-refractivity contribution in [3.8, 4) is 17.0 Å². The third-order valence-electron chi connectivity index (χ3n) is 5.80. The maximum Gasteiger partial charge on any atom is 0.247 e. The van der Waals surface area contributed by atoms with Gasteiger partial charge in [-0.1, -0.05) is 6.58 Å². The van der Waals surface area contributed by atoms with Crippen LogP contribution in [0.25, 0.3) is 22.2 Å². The van der Waals surface area contributed by atoms with Crippen molar-refractivity contribution in [2.24, 2.45) is 0 Å². The largest absolute Gasteiger partial charge is 0.487 e. The second kappa shape index (κ2) is 10.0. The van der Waals surface area contributed by atoms with E-state index in [9.17, 15) is 9.18 Å². The molecule has 0 radical (unpaired) electrons. The summed E-state index contributed by atoms with van der Waals surface area (Å²) in [5.41, 5.74) is 2.71. The number of nitrogens with one attached hydrogen (secondary N) is 2. The van der Waals surface area contributed by atoms with Gasteiger partial charge in [0.1, 0.15) is 23.2 Å². The molecule has 4 heterocycles. The van der Waals surface area contributed by atoms with Gasteiger partial charge in [0.2, 0.25) is 11.9 Å². The lowest BCUT2D eigenvalue weighted by molar-refractivity contribution is -0.111. The van der Waals surface area contributed by atoms with Gasteiger partial charge in [-0.2, -0.15) is 0 Å². The van der Waals surface area contributed by atoms with Crippen LogP contribution in [0.1, 0.15) is 6.42 Å². The second-order valence-corrected chi connectivity index (χ2v) is 8.50. The smallest absolute Gasteiger partial charge is 0.247 e. The van der Waals surface area contributed by atoms with Gasteiger partial charge in [0.15, 0.2) is 0 Å². The van der Waals surface area contributed by atoms with Crippen molar-refractivity contribution in [3.63, 3.8) is 0 Å². The van der Waals surface area contributed by atoms with Crippen LogP contribution in [-0.2, 0) is 4.79 Å². The summed E-state index contributed by atoms with van der Waals surface area (Å²) in [5.74, 6) is 0.0787. The van der Waals surface area contributed by atoms with E-state index < -0.39 is 5.82 Å². The first-order valence-corrected chi connectivity index (χ1v) is 11.4. The predicted octanol–water partition coefficient (Wildman–Crippen LogP) is 4.18. The van der Waals surface area contributed by atoms with Crippen molar-refractivity contribution >= 4 is 34.1 Å². The van der Waals surface area contributed by atoms with Gasteiger partial charge in [-0.3, -0.25) is 14.8 Å². The van der Waals surface area contributed by atoms with Gasteiger partial charge in [0.05, 0.1) is 17.6 Å². The van der Waals surface area contributed by atoms with Crippen molar-refractivity contribution in [1.29, 1.82) is 0 Å². The average molecular weight is 486 g/mol. The molecule has 1 aromatic carbocycles. The Hall–Kier alpha value is -4.44. The zero-order chi connectivity index (χ0) is 25.1. The number of pyridine rings is 2. The molecule has 2 N–H and O–H groups in total. The molecule has 5 rings (SSSR count). The van der Waals surface area contributed by atoms with Crippen molar-refractivity contribution in [2.75, 3.05) is 30.8 Å². The Morgan fingerprint density at radius 3 is 2.89 bits per heavy atom. The number of ether oxygens (including phenoxy) is 1. The van der Waals surface area contributed by atoms with Crippen molar-refractivity contribution in [1.82, 2.24) is 24.8 Å². The molecular weight excluding hydrogens is 461 g/mol. The summed E-state index contributed by atoms with van der Waals surface area (Å²) >= 11 is 0. The first-order valence-electron chi connectivity index (χ1n) is 11.4. The molecule has 10 heteroatoms. The highest BCUT2D eigenvalue weighted by molar-refractivity contribution is 6.00. The highest BCUT2D eigenvalue weighted by Crippen LogP contribution is 2.32. The molecule has 1 fully saturated rings. The van der Waals surface area contributed by atoms with Crippen LogP contribution in [-0.4, -0.2) is 57.0 Å². The summed E-state index contributed by atoms with van der Waals surface area (Å²) in [4.78, 5) is 31.6. The Morgan fingerprint density at radius 1 is 1.22 bits per heavy atom. The van der Waals surface area contributed by atoms with Gasteiger partial charge in [0, 0.05) is 48.3 Å². The first-order chi connectivity index (χ1) is 17.5. The number of aromatic nitrogens is 4. The molecule has 0 saturated carbocycles. The Labute approximate surface area is 207 Å². The van der Waals surface area contributed by atoms with Gasteiger partial charge < -0.3 is 20.3 Å². The zero-order valence-electron chi connectivity index (χ0n) is 19.6. The van der Waals surface area contributed by atoms with Crippen LogP contribution in [0.2, 0.25) is 0 Å². The monoisotopic (exact) mass is 485 g/mol. The minimum Gasteiger partial charge on any atom is -0.487 e. The van der Waals surface area contributed by atoms with Crippen LogP contribution in [0.3, 0.4) is 0 Å². The van der Waals surface area contributed by atoms with Gasteiger partial charge in [-0.25, -0.2) is 14.4 Å². The summed E-state index contributed by atoms with van der Waals surface area (Å²) < 4.78 is 19.9. The van der Waals surface area contributed by atoms with Crippen molar-refractivity contribution in [2.45, 2.75) is 12.5 Å². The lowest BCUT2D eigenvalue weighted by atomic mass is 10.1. The fraction of sp³-hybridized carbons (Fsp3) is 0.192. The molecule has 1 atom stereocenters. The van der Waals surface area contributed by atoms with E-state index in [1.54, 1.807) is 30.6 Å². The van der Waals surface area contributed by atoms with E-state index in [0.717, 1.165) is 31.1 Å². The van der Waals surface area contributed by atoms with Crippen LogP contribution < -0.4 is 15.4 Å². The van der Waals surface area contributed by atoms with Crippen molar-refractivity contribution in [3.05, 3.63) is 73.6 Å². The topological polar surface area (TPSA) is 105 Å². The number of carbonyl (C=O) groups is 1. The number of benzene rings is 1. The first kappa shape index (κ1) is 23.3. The number of likely N-dealkylation sites (tertiary alicyclic amines) is 1. The van der Waals surface area contributed by atoms with E-state index in [1.807, 2.05) is 13.1 Å². The standard InChI is InChI=1S/C26H24FN7O2/c1-3-23(35)32-21-11-19(4-5-22(21)36-20-7-9-34(2)15-20)31-26-30-13-16-6-8-29-24(25(16)33-26)17-10-18(27)14-28-12-17/h3-6,8,10-14,20H,1,7,9,15H2,2H3,(H,32,35)(H,30,31,33). The third kappa shape index (κ3) is 5.13. The number of fused-ring (bicyclic) bond motifs is 1. The van der Waals surface area contributed by atoms with Crippen LogP contribution in [0, 0.1) is 5.82 Å². The number of likely N-dealkylation sites (N-methyl/N-ethyl adjacent to an activating group) is 1. The Bertz CT molecular complexity index is 1450. The van der Waals surface area contributed by atoms with E-state index in [-0.39, 0.29) is 12.0 Å². The minimum atomic E-state index is -0.459. The number of amides is 1. The Morgan fingerprint density at radius 2 is 2.11 bits per heavy atom. The third-order valence-corrected chi connectivity index (χ3v) is 5.80. The molecule has 1 saturated heterocycles. The van der Waals surface area contributed by atoms with E-state index in [2.05, 4.69) is 42.0 Å². The number of nitrogens with zero attached hydrogens (tertiary/aromatic N) is 5. The molecule has 182 valence electrons. The summed E-state index contributed by atoms with van der Waals surface area (Å²) in [6.45, 7) is 5.30. The summed E-state index contributed by atoms with van der Waals surface area (Å²) in [7, 11) is 2.05. The molecule has 36 heavy (non-hydrogen) atoms. The fourth-order valence-corrected chi connectivity index (χ4v) is 4.06. The van der Waals surface area contributed by atoms with E-state index >= 15 is 0 Å². The van der Waals surface area contributed by atoms with Gasteiger partial charge in [-0.15, -0.1) is 0 Å². The highest BCUT2D eigenvalue weighted by atomic mass is 19.1. The molecule has 1 amide bonds. The number of rotatable bonds is 7. The van der Waals surface area contributed by atoms with Gasteiger partial charge in [-0.05, 0) is 49.9 Å². The van der Waals surface area contributed by atoms with E-state index in [4.69, 9.17) is 4.74 Å². The molecule has 1 unspecified atom stereocenters.